The number of aryl methyl sites for hydroxylation is 1. The first-order valence-electron chi connectivity index (χ1n) is 9.75. The second-order valence-corrected chi connectivity index (χ2v) is 7.53. The number of nitrogens with one attached hydrogen (secondary N) is 4. The molecule has 0 bridgehead atoms. The summed E-state index contributed by atoms with van der Waals surface area (Å²) in [5, 5.41) is 6.38. The molecule has 6 heteroatoms. The van der Waals surface area contributed by atoms with Crippen molar-refractivity contribution in [1.82, 2.24) is 15.3 Å². The zero-order valence-corrected chi connectivity index (χ0v) is 16.8. The molecule has 2 aromatic carbocycles. The van der Waals surface area contributed by atoms with Gasteiger partial charge in [-0.2, -0.15) is 0 Å². The van der Waals surface area contributed by atoms with Crippen molar-refractivity contribution in [2.75, 3.05) is 5.32 Å². The summed E-state index contributed by atoms with van der Waals surface area (Å²) >= 11 is 0. The van der Waals surface area contributed by atoms with Crippen molar-refractivity contribution >= 4 is 22.6 Å². The Labute approximate surface area is 164 Å². The number of aromatic amines is 2. The lowest BCUT2D eigenvalue weighted by Crippen LogP contribution is -2.41. The van der Waals surface area contributed by atoms with Gasteiger partial charge < -0.3 is 15.3 Å². The maximum Gasteiger partial charge on any atom is 0.323 e. The molecule has 0 unspecified atom stereocenters. The van der Waals surface area contributed by atoms with Crippen molar-refractivity contribution in [1.29, 1.82) is 0 Å². The molecule has 2 atom stereocenters. The highest BCUT2D eigenvalue weighted by Gasteiger charge is 2.22. The highest BCUT2D eigenvalue weighted by atomic mass is 16.2. The van der Waals surface area contributed by atoms with Gasteiger partial charge in [0.05, 0.1) is 17.1 Å². The lowest BCUT2D eigenvalue weighted by molar-refractivity contribution is -0.118. The number of anilines is 1. The Morgan fingerprint density at radius 2 is 1.68 bits per heavy atom. The average Bonchev–Trinajstić information content (AvgIpc) is 3.05. The number of H-pyrrole nitrogens is 2. The Morgan fingerprint density at radius 3 is 2.32 bits per heavy atom. The summed E-state index contributed by atoms with van der Waals surface area (Å²) in [5.41, 5.74) is 4.25. The molecule has 0 saturated heterocycles. The summed E-state index contributed by atoms with van der Waals surface area (Å²) in [5.74, 6) is 0.220. The van der Waals surface area contributed by atoms with Crippen molar-refractivity contribution in [2.24, 2.45) is 5.92 Å². The summed E-state index contributed by atoms with van der Waals surface area (Å²) in [4.78, 5) is 29.5. The third-order valence-electron chi connectivity index (χ3n) is 5.02. The quantitative estimate of drug-likeness (QED) is 0.503. The molecule has 6 nitrogen and oxygen atoms in total. The van der Waals surface area contributed by atoms with Gasteiger partial charge in [0.15, 0.2) is 0 Å². The largest absolute Gasteiger partial charge is 0.325 e. The Hall–Kier alpha value is -2.86. The Bertz CT molecular complexity index is 1000. The molecule has 1 heterocycles. The number of carbonyl (C=O) groups excluding carboxylic acids is 1. The van der Waals surface area contributed by atoms with Gasteiger partial charge in [-0.15, -0.1) is 0 Å². The monoisotopic (exact) mass is 380 g/mol. The van der Waals surface area contributed by atoms with Gasteiger partial charge in [0.1, 0.15) is 0 Å². The van der Waals surface area contributed by atoms with Crippen molar-refractivity contribution in [3.05, 3.63) is 64.1 Å². The minimum Gasteiger partial charge on any atom is -0.325 e. The third kappa shape index (κ3) is 4.51. The summed E-state index contributed by atoms with van der Waals surface area (Å²) in [6.45, 7) is 8.29. The summed E-state index contributed by atoms with van der Waals surface area (Å²) in [7, 11) is 0. The maximum atomic E-state index is 12.7. The summed E-state index contributed by atoms with van der Waals surface area (Å²) < 4.78 is 0. The zero-order chi connectivity index (χ0) is 20.3. The first kappa shape index (κ1) is 19.9. The van der Waals surface area contributed by atoms with E-state index in [0.29, 0.717) is 22.6 Å². The van der Waals surface area contributed by atoms with Gasteiger partial charge in [0.25, 0.3) is 0 Å². The van der Waals surface area contributed by atoms with Gasteiger partial charge in [-0.25, -0.2) is 4.79 Å². The number of aromatic nitrogens is 2. The van der Waals surface area contributed by atoms with Crippen LogP contribution in [0.3, 0.4) is 0 Å². The smallest absolute Gasteiger partial charge is 0.323 e. The zero-order valence-electron chi connectivity index (χ0n) is 16.8. The molecule has 148 valence electrons. The molecule has 4 N–H and O–H groups in total. The van der Waals surface area contributed by atoms with Crippen molar-refractivity contribution in [3.63, 3.8) is 0 Å². The number of benzene rings is 2. The fourth-order valence-electron chi connectivity index (χ4n) is 3.34. The van der Waals surface area contributed by atoms with Crippen LogP contribution in [0.1, 0.15) is 44.9 Å². The van der Waals surface area contributed by atoms with Crippen LogP contribution in [-0.2, 0) is 11.2 Å². The molecule has 3 rings (SSSR count). The van der Waals surface area contributed by atoms with Crippen molar-refractivity contribution in [2.45, 2.75) is 46.2 Å². The number of imidazole rings is 1. The molecule has 0 spiro atoms. The lowest BCUT2D eigenvalue weighted by atomic mass is 9.94. The normalized spacial score (nSPS) is 13.6. The molecule has 0 saturated carbocycles. The van der Waals surface area contributed by atoms with E-state index in [1.54, 1.807) is 18.2 Å². The van der Waals surface area contributed by atoms with Crippen LogP contribution in [-0.4, -0.2) is 21.9 Å². The number of amides is 1. The van der Waals surface area contributed by atoms with Crippen LogP contribution < -0.4 is 16.3 Å². The van der Waals surface area contributed by atoms with Crippen molar-refractivity contribution in [3.8, 4) is 0 Å². The lowest BCUT2D eigenvalue weighted by Gasteiger charge is -2.26. The molecule has 0 aliphatic rings. The highest BCUT2D eigenvalue weighted by Crippen LogP contribution is 2.23. The van der Waals surface area contributed by atoms with E-state index in [-0.39, 0.29) is 23.7 Å². The number of fused-ring (bicyclic) bond motifs is 1. The minimum absolute atomic E-state index is 0.0789. The topological polar surface area (TPSA) is 89.8 Å². The molecular weight excluding hydrogens is 352 g/mol. The van der Waals surface area contributed by atoms with E-state index in [1.807, 2.05) is 6.92 Å². The minimum atomic E-state index is -0.376. The van der Waals surface area contributed by atoms with Crippen LogP contribution in [0.2, 0.25) is 0 Å². The van der Waals surface area contributed by atoms with E-state index in [1.165, 1.54) is 11.1 Å². The number of hydrogen-bond acceptors (Lipinski definition) is 3. The predicted molar refractivity (Wildman–Crippen MR) is 114 cm³/mol. The second kappa shape index (κ2) is 8.44. The summed E-state index contributed by atoms with van der Waals surface area (Å²) in [6.07, 6.45) is 1.01. The molecule has 0 aliphatic heterocycles. The highest BCUT2D eigenvalue weighted by molar-refractivity contribution is 5.96. The Morgan fingerprint density at radius 1 is 1.00 bits per heavy atom. The predicted octanol–water partition coefficient (Wildman–Crippen LogP) is 3.73. The fraction of sp³-hybridized carbons (Fsp3) is 0.364. The van der Waals surface area contributed by atoms with Gasteiger partial charge >= 0.3 is 5.69 Å². The SMILES string of the molecule is CCc1ccc([C@@H](N[C@H](C)C(=O)Nc2ccc3[nH]c(=O)[nH]c3c2)C(C)C)cc1. The molecule has 0 fully saturated rings. The fourth-order valence-corrected chi connectivity index (χ4v) is 3.34. The maximum absolute atomic E-state index is 12.7. The van der Waals surface area contributed by atoms with Gasteiger partial charge in [0, 0.05) is 11.7 Å². The van der Waals surface area contributed by atoms with Crippen LogP contribution in [0.15, 0.2) is 47.3 Å². The van der Waals surface area contributed by atoms with Crippen LogP contribution >= 0.6 is 0 Å². The van der Waals surface area contributed by atoms with E-state index in [9.17, 15) is 9.59 Å². The van der Waals surface area contributed by atoms with Gasteiger partial charge in [-0.1, -0.05) is 45.0 Å². The molecule has 0 aliphatic carbocycles. The molecular formula is C22H28N4O2. The number of hydrogen-bond donors (Lipinski definition) is 4. The molecule has 1 aromatic heterocycles. The van der Waals surface area contributed by atoms with Gasteiger partial charge in [-0.05, 0) is 48.6 Å². The standard InChI is InChI=1S/C22H28N4O2/c1-5-15-6-8-16(9-7-15)20(13(2)3)23-14(4)21(27)24-17-10-11-18-19(12-17)26-22(28)25-18/h6-14,20,23H,5H2,1-4H3,(H,24,27)(H2,25,26,28)/t14-,20+/m1/s1. The van der Waals surface area contributed by atoms with E-state index < -0.39 is 0 Å². The molecule has 28 heavy (non-hydrogen) atoms. The molecule has 1 amide bonds. The summed E-state index contributed by atoms with van der Waals surface area (Å²) in [6, 6.07) is 13.6. The Balaban J connectivity index is 1.70. The van der Waals surface area contributed by atoms with Crippen LogP contribution in [0.5, 0.6) is 0 Å². The third-order valence-corrected chi connectivity index (χ3v) is 5.02. The van der Waals surface area contributed by atoms with Crippen LogP contribution in [0.25, 0.3) is 11.0 Å². The van der Waals surface area contributed by atoms with Crippen molar-refractivity contribution < 1.29 is 4.79 Å². The molecule has 3 aromatic rings. The van der Waals surface area contributed by atoms with Gasteiger partial charge in [0.2, 0.25) is 5.91 Å². The number of rotatable bonds is 7. The van der Waals surface area contributed by atoms with E-state index in [0.717, 1.165) is 6.42 Å². The molecule has 0 radical (unpaired) electrons. The average molecular weight is 380 g/mol. The van der Waals surface area contributed by atoms with E-state index in [4.69, 9.17) is 0 Å². The first-order chi connectivity index (χ1) is 13.4. The van der Waals surface area contributed by atoms with E-state index >= 15 is 0 Å². The number of carbonyl (C=O) groups is 1. The Kier molecular flexibility index (Phi) is 5.99. The van der Waals surface area contributed by atoms with E-state index in [2.05, 4.69) is 65.6 Å². The van der Waals surface area contributed by atoms with Gasteiger partial charge in [-0.3, -0.25) is 10.1 Å². The second-order valence-electron chi connectivity index (χ2n) is 7.53. The van der Waals surface area contributed by atoms with Crippen LogP contribution in [0, 0.1) is 5.92 Å². The first-order valence-corrected chi connectivity index (χ1v) is 9.75. The van der Waals surface area contributed by atoms with Crippen LogP contribution in [0.4, 0.5) is 5.69 Å².